The van der Waals surface area contributed by atoms with Crippen LogP contribution in [-0.2, 0) is 4.79 Å². The van der Waals surface area contributed by atoms with Crippen LogP contribution < -0.4 is 4.90 Å². The van der Waals surface area contributed by atoms with E-state index < -0.39 is 11.7 Å². The maximum atomic E-state index is 11.8. The Morgan fingerprint density at radius 2 is 2.12 bits per heavy atom. The van der Waals surface area contributed by atoms with Gasteiger partial charge in [-0.25, -0.2) is 0 Å². The molecule has 0 bridgehead atoms. The van der Waals surface area contributed by atoms with Crippen LogP contribution in [0.15, 0.2) is 34.8 Å². The molecule has 1 aliphatic heterocycles. The van der Waals surface area contributed by atoms with Gasteiger partial charge in [0.1, 0.15) is 0 Å². The lowest BCUT2D eigenvalue weighted by molar-refractivity contribution is -0.114. The summed E-state index contributed by atoms with van der Waals surface area (Å²) in [6.45, 7) is 6.22. The molecule has 0 saturated heterocycles. The van der Waals surface area contributed by atoms with Crippen LogP contribution in [0.25, 0.3) is 0 Å². The summed E-state index contributed by atoms with van der Waals surface area (Å²) in [4.78, 5) is 25.1. The number of hydrogen-bond donors (Lipinski definition) is 0. The van der Waals surface area contributed by atoms with Crippen LogP contribution in [0.2, 0.25) is 0 Å². The molecule has 88 valence electrons. The monoisotopic (exact) mass is 293 g/mol. The van der Waals surface area contributed by atoms with Gasteiger partial charge < -0.3 is 4.90 Å². The molecule has 0 unspecified atom stereocenters. The minimum atomic E-state index is -0.445. The zero-order valence-electron chi connectivity index (χ0n) is 9.50. The summed E-state index contributed by atoms with van der Waals surface area (Å²) in [7, 11) is 0. The van der Waals surface area contributed by atoms with Gasteiger partial charge in [0.2, 0.25) is 0 Å². The second-order valence-corrected chi connectivity index (χ2v) is 5.07. The fourth-order valence-corrected chi connectivity index (χ4v) is 2.16. The van der Waals surface area contributed by atoms with E-state index in [0.717, 1.165) is 10.0 Å². The summed E-state index contributed by atoms with van der Waals surface area (Å²) in [6, 6.07) is 5.31. The molecule has 4 heteroatoms. The van der Waals surface area contributed by atoms with E-state index in [-0.39, 0.29) is 0 Å². The standard InChI is InChI=1S/C13H12BrNO2/c1-8(2)5-6-15-11-4-3-9(14)7-10(11)12(16)13(15)17/h3-4,7H,1,5-6H2,2H3. The van der Waals surface area contributed by atoms with Gasteiger partial charge in [0.15, 0.2) is 0 Å². The van der Waals surface area contributed by atoms with Crippen molar-refractivity contribution in [2.75, 3.05) is 11.4 Å². The third-order valence-electron chi connectivity index (χ3n) is 2.70. The molecule has 0 spiro atoms. The zero-order valence-corrected chi connectivity index (χ0v) is 11.1. The molecule has 0 radical (unpaired) electrons. The molecule has 1 aliphatic rings. The number of fused-ring (bicyclic) bond motifs is 1. The lowest BCUT2D eigenvalue weighted by Gasteiger charge is -2.16. The maximum Gasteiger partial charge on any atom is 0.299 e. The average Bonchev–Trinajstić information content (AvgIpc) is 2.50. The Balaban J connectivity index is 2.34. The lowest BCUT2D eigenvalue weighted by Crippen LogP contribution is -2.30. The van der Waals surface area contributed by atoms with Gasteiger partial charge in [-0.15, -0.1) is 6.58 Å². The summed E-state index contributed by atoms with van der Waals surface area (Å²) < 4.78 is 0.805. The fraction of sp³-hybridized carbons (Fsp3) is 0.231. The number of carbonyl (C=O) groups excluding carboxylic acids is 2. The highest BCUT2D eigenvalue weighted by molar-refractivity contribution is 9.10. The van der Waals surface area contributed by atoms with Crippen molar-refractivity contribution in [2.45, 2.75) is 13.3 Å². The Morgan fingerprint density at radius 1 is 1.41 bits per heavy atom. The number of Topliss-reactive ketones (excluding diaryl/α,β-unsaturated/α-hetero) is 1. The Kier molecular flexibility index (Phi) is 3.15. The van der Waals surface area contributed by atoms with Gasteiger partial charge in [-0.2, -0.15) is 0 Å². The average molecular weight is 294 g/mol. The summed E-state index contributed by atoms with van der Waals surface area (Å²) in [5.74, 6) is -0.873. The summed E-state index contributed by atoms with van der Waals surface area (Å²) in [6.07, 6.45) is 0.703. The Bertz CT molecular complexity index is 522. The van der Waals surface area contributed by atoms with Crippen molar-refractivity contribution in [1.82, 2.24) is 0 Å². The first-order valence-electron chi connectivity index (χ1n) is 5.31. The van der Waals surface area contributed by atoms with Crippen molar-refractivity contribution in [1.29, 1.82) is 0 Å². The first kappa shape index (κ1) is 12.0. The maximum absolute atomic E-state index is 11.8. The largest absolute Gasteiger partial charge is 0.304 e. The predicted molar refractivity (Wildman–Crippen MR) is 70.3 cm³/mol. The number of carbonyl (C=O) groups is 2. The van der Waals surface area contributed by atoms with Gasteiger partial charge in [-0.05, 0) is 31.5 Å². The van der Waals surface area contributed by atoms with E-state index in [1.807, 2.05) is 13.0 Å². The molecular formula is C13H12BrNO2. The quantitative estimate of drug-likeness (QED) is 0.635. The first-order chi connectivity index (χ1) is 8.00. The van der Waals surface area contributed by atoms with E-state index in [0.29, 0.717) is 24.2 Å². The smallest absolute Gasteiger partial charge is 0.299 e. The highest BCUT2D eigenvalue weighted by Crippen LogP contribution is 2.31. The molecule has 0 N–H and O–H groups in total. The molecule has 2 rings (SSSR count). The second-order valence-electron chi connectivity index (χ2n) is 4.15. The molecule has 1 amide bonds. The van der Waals surface area contributed by atoms with Gasteiger partial charge in [-0.3, -0.25) is 9.59 Å². The van der Waals surface area contributed by atoms with E-state index in [2.05, 4.69) is 22.5 Å². The molecule has 0 aromatic heterocycles. The van der Waals surface area contributed by atoms with Crippen LogP contribution in [0, 0.1) is 0 Å². The fourth-order valence-electron chi connectivity index (χ4n) is 1.80. The number of amides is 1. The summed E-state index contributed by atoms with van der Waals surface area (Å²) >= 11 is 3.30. The zero-order chi connectivity index (χ0) is 12.6. The minimum absolute atomic E-state index is 0.428. The third kappa shape index (κ3) is 2.17. The highest BCUT2D eigenvalue weighted by Gasteiger charge is 2.35. The highest BCUT2D eigenvalue weighted by atomic mass is 79.9. The molecular weight excluding hydrogens is 282 g/mol. The molecule has 1 heterocycles. The van der Waals surface area contributed by atoms with Gasteiger partial charge in [0.05, 0.1) is 11.3 Å². The molecule has 0 saturated carbocycles. The summed E-state index contributed by atoms with van der Waals surface area (Å²) in [5, 5.41) is 0. The second kappa shape index (κ2) is 4.45. The molecule has 17 heavy (non-hydrogen) atoms. The van der Waals surface area contributed by atoms with Gasteiger partial charge in [0.25, 0.3) is 11.7 Å². The molecule has 3 nitrogen and oxygen atoms in total. The van der Waals surface area contributed by atoms with E-state index in [1.165, 1.54) is 4.90 Å². The number of ketones is 1. The van der Waals surface area contributed by atoms with Crippen molar-refractivity contribution < 1.29 is 9.59 Å². The van der Waals surface area contributed by atoms with Crippen LogP contribution in [0.4, 0.5) is 5.69 Å². The van der Waals surface area contributed by atoms with Crippen molar-refractivity contribution in [3.05, 3.63) is 40.4 Å². The lowest BCUT2D eigenvalue weighted by atomic mass is 10.1. The van der Waals surface area contributed by atoms with Crippen molar-refractivity contribution in [3.63, 3.8) is 0 Å². The van der Waals surface area contributed by atoms with E-state index in [1.54, 1.807) is 12.1 Å². The number of nitrogens with zero attached hydrogens (tertiary/aromatic N) is 1. The molecule has 1 aromatic rings. The van der Waals surface area contributed by atoms with Crippen LogP contribution in [0.5, 0.6) is 0 Å². The van der Waals surface area contributed by atoms with Crippen LogP contribution >= 0.6 is 15.9 Å². The number of hydrogen-bond acceptors (Lipinski definition) is 2. The number of halogens is 1. The minimum Gasteiger partial charge on any atom is -0.304 e. The number of anilines is 1. The normalized spacial score (nSPS) is 14.1. The van der Waals surface area contributed by atoms with Gasteiger partial charge in [-0.1, -0.05) is 21.5 Å². The van der Waals surface area contributed by atoms with E-state index >= 15 is 0 Å². The Hall–Kier alpha value is -1.42. The van der Waals surface area contributed by atoms with Crippen molar-refractivity contribution in [3.8, 4) is 0 Å². The van der Waals surface area contributed by atoms with Crippen LogP contribution in [-0.4, -0.2) is 18.2 Å². The SMILES string of the molecule is C=C(C)CCN1C(=O)C(=O)c2cc(Br)ccc21. The topological polar surface area (TPSA) is 37.4 Å². The molecule has 0 aliphatic carbocycles. The first-order valence-corrected chi connectivity index (χ1v) is 6.10. The predicted octanol–water partition coefficient (Wildman–Crippen LogP) is 2.94. The Labute approximate surface area is 108 Å². The Morgan fingerprint density at radius 3 is 2.76 bits per heavy atom. The summed E-state index contributed by atoms with van der Waals surface area (Å²) in [5.41, 5.74) is 2.17. The van der Waals surface area contributed by atoms with E-state index in [9.17, 15) is 9.59 Å². The number of benzene rings is 1. The molecule has 1 aromatic carbocycles. The van der Waals surface area contributed by atoms with E-state index in [4.69, 9.17) is 0 Å². The van der Waals surface area contributed by atoms with Crippen LogP contribution in [0.1, 0.15) is 23.7 Å². The number of rotatable bonds is 3. The molecule has 0 atom stereocenters. The third-order valence-corrected chi connectivity index (χ3v) is 3.19. The molecule has 0 fully saturated rings. The van der Waals surface area contributed by atoms with Crippen molar-refractivity contribution >= 4 is 33.3 Å². The van der Waals surface area contributed by atoms with Gasteiger partial charge >= 0.3 is 0 Å². The van der Waals surface area contributed by atoms with Gasteiger partial charge in [0, 0.05) is 11.0 Å². The van der Waals surface area contributed by atoms with Crippen molar-refractivity contribution in [2.24, 2.45) is 0 Å². The van der Waals surface area contributed by atoms with Crippen LogP contribution in [0.3, 0.4) is 0 Å².